The van der Waals surface area contributed by atoms with Crippen LogP contribution < -0.4 is 71.5 Å². The summed E-state index contributed by atoms with van der Waals surface area (Å²) in [4.78, 5) is 140. The normalized spacial score (nSPS) is 25.8. The number of halogens is 2. The number of benzene rings is 7. The van der Waals surface area contributed by atoms with E-state index in [0.717, 1.165) is 118 Å². The number of unbranched alkanes of at least 4 members (excludes halogenated alkanes) is 8. The lowest BCUT2D eigenvalue weighted by atomic mass is 9.89. The number of fused-ring (bicyclic) bond motifs is 14. The number of ether oxygens (including phenoxy) is 7. The van der Waals surface area contributed by atoms with Gasteiger partial charge in [-0.05, 0) is 147 Å². The van der Waals surface area contributed by atoms with Crippen molar-refractivity contribution in [2.24, 2.45) is 0 Å². The molecule has 684 valence electrons. The lowest BCUT2D eigenvalue weighted by molar-refractivity contribution is -0.277. The summed E-state index contributed by atoms with van der Waals surface area (Å²) in [5, 5.41) is 161. The molecule has 128 heavy (non-hydrogen) atoms. The quantitative estimate of drug-likeness (QED) is 0.0397. The van der Waals surface area contributed by atoms with Gasteiger partial charge in [0.15, 0.2) is 29.1 Å². The summed E-state index contributed by atoms with van der Waals surface area (Å²) in [6.45, 7) is 1.46. The summed E-state index contributed by atoms with van der Waals surface area (Å²) in [5.74, 6) is -18.0. The maximum atomic E-state index is 16.8. The molecule has 0 radical (unpaired) electrons. The number of aromatic hydroxyl groups is 4. The van der Waals surface area contributed by atoms with Gasteiger partial charge >= 0.3 is 5.97 Å². The Hall–Kier alpha value is -11.9. The summed E-state index contributed by atoms with van der Waals surface area (Å²) in [6.07, 6.45) is -13.5. The molecule has 8 heterocycles. The van der Waals surface area contributed by atoms with Crippen molar-refractivity contribution in [3.05, 3.63) is 164 Å². The predicted octanol–water partition coefficient (Wildman–Crippen LogP) is 4.31. The number of carbonyl (C=O) groups excluding carboxylic acids is 8. The lowest BCUT2D eigenvalue weighted by Gasteiger charge is -2.41. The molecule has 8 aliphatic rings. The van der Waals surface area contributed by atoms with E-state index in [1.54, 1.807) is 19.0 Å². The van der Waals surface area contributed by atoms with Crippen molar-refractivity contribution in [1.82, 2.24) is 52.8 Å². The molecule has 21 N–H and O–H groups in total. The van der Waals surface area contributed by atoms with Crippen LogP contribution in [0.2, 0.25) is 10.0 Å². The van der Waals surface area contributed by atoms with Crippen LogP contribution in [0.1, 0.15) is 153 Å². The third-order valence-electron chi connectivity index (χ3n) is 22.8. The summed E-state index contributed by atoms with van der Waals surface area (Å²) < 4.78 is 44.5. The molecule has 0 unspecified atom stereocenters. The molecule has 0 saturated carbocycles. The van der Waals surface area contributed by atoms with E-state index >= 15 is 28.8 Å². The number of aliphatic hydroxyl groups excluding tert-OH is 7. The van der Waals surface area contributed by atoms with Crippen LogP contribution in [0.5, 0.6) is 69.0 Å². The predicted molar refractivity (Wildman–Crippen MR) is 452 cm³/mol. The number of aliphatic carboxylic acids is 1. The number of carbonyl (C=O) groups is 9. The molecule has 8 aliphatic heterocycles. The van der Waals surface area contributed by atoms with Gasteiger partial charge in [-0.3, -0.25) is 38.4 Å². The fourth-order valence-corrected chi connectivity index (χ4v) is 16.4. The van der Waals surface area contributed by atoms with Gasteiger partial charge in [0.1, 0.15) is 131 Å². The molecule has 0 aliphatic carbocycles. The number of nitrogens with zero attached hydrogens (tertiary/aromatic N) is 1. The second kappa shape index (κ2) is 41.0. The molecule has 40 heteroatoms. The molecule has 7 aromatic rings. The zero-order valence-corrected chi connectivity index (χ0v) is 71.1. The third kappa shape index (κ3) is 21.1. The first-order valence-electron chi connectivity index (χ1n) is 41.6. The summed E-state index contributed by atoms with van der Waals surface area (Å²) in [6, 6.07) is 5.70. The van der Waals surface area contributed by atoms with Gasteiger partial charge in [0.25, 0.3) is 0 Å². The Balaban J connectivity index is 1.04. The smallest absolute Gasteiger partial charge is 0.335 e. The van der Waals surface area contributed by atoms with Gasteiger partial charge in [0, 0.05) is 48.2 Å². The summed E-state index contributed by atoms with van der Waals surface area (Å²) in [5.41, 5.74) is -2.67. The molecule has 15 rings (SSSR count). The van der Waals surface area contributed by atoms with E-state index in [4.69, 9.17) is 56.4 Å². The minimum atomic E-state index is -2.45. The van der Waals surface area contributed by atoms with Crippen LogP contribution in [-0.2, 0) is 59.0 Å². The fourth-order valence-electron chi connectivity index (χ4n) is 16.0. The number of likely N-dealkylation sites (N-methyl/N-ethyl adjacent to an activating group) is 1. The average Bonchev–Trinajstić information content (AvgIpc) is 0.755. The van der Waals surface area contributed by atoms with Gasteiger partial charge in [-0.15, -0.1) is 0 Å². The molecule has 38 nitrogen and oxygen atoms in total. The van der Waals surface area contributed by atoms with E-state index < -0.39 is 271 Å². The van der Waals surface area contributed by atoms with E-state index in [-0.39, 0.29) is 47.8 Å². The highest BCUT2D eigenvalue weighted by Gasteiger charge is 2.52. The van der Waals surface area contributed by atoms with Gasteiger partial charge in [-0.2, -0.15) is 0 Å². The van der Waals surface area contributed by atoms with Crippen LogP contribution in [0.15, 0.2) is 115 Å². The molecular formula is C88H100Cl2N10O28. The zero-order chi connectivity index (χ0) is 91.8. The number of carboxylic acid groups (broad SMARTS) is 1. The first kappa shape index (κ1) is 93.7. The average molecular weight is 1820 g/mol. The first-order valence-corrected chi connectivity index (χ1v) is 42.4. The minimum absolute atomic E-state index is 0.0939. The number of carboxylic acids is 1. The van der Waals surface area contributed by atoms with E-state index in [1.807, 2.05) is 0 Å². The minimum Gasteiger partial charge on any atom is -0.508 e. The van der Waals surface area contributed by atoms with Crippen molar-refractivity contribution in [2.45, 2.75) is 194 Å². The van der Waals surface area contributed by atoms with Gasteiger partial charge < -0.3 is 147 Å². The summed E-state index contributed by atoms with van der Waals surface area (Å²) in [7, 11) is 4.95. The van der Waals surface area contributed by atoms with Crippen LogP contribution >= 0.6 is 23.2 Å². The summed E-state index contributed by atoms with van der Waals surface area (Å²) >= 11 is 14.3. The molecule has 7 aromatic carbocycles. The Morgan fingerprint density at radius 2 is 1.19 bits per heavy atom. The lowest BCUT2D eigenvalue weighted by Crippen LogP contribution is -2.66. The van der Waals surface area contributed by atoms with Crippen molar-refractivity contribution >= 4 is 76.4 Å². The molecule has 0 spiro atoms. The van der Waals surface area contributed by atoms with Crippen LogP contribution in [-0.4, -0.2) is 234 Å². The van der Waals surface area contributed by atoms with Gasteiger partial charge in [-0.1, -0.05) is 112 Å². The zero-order valence-electron chi connectivity index (χ0n) is 69.6. The van der Waals surface area contributed by atoms with E-state index in [1.165, 1.54) is 49.5 Å². The largest absolute Gasteiger partial charge is 0.508 e. The maximum Gasteiger partial charge on any atom is 0.335 e. The van der Waals surface area contributed by atoms with E-state index in [2.05, 4.69) is 54.8 Å². The second-order valence-corrected chi connectivity index (χ2v) is 33.0. The molecular weight excluding hydrogens is 1720 g/mol. The van der Waals surface area contributed by atoms with Crippen molar-refractivity contribution in [2.75, 3.05) is 40.8 Å². The van der Waals surface area contributed by atoms with Crippen molar-refractivity contribution in [1.29, 1.82) is 0 Å². The van der Waals surface area contributed by atoms with Gasteiger partial charge in [-0.25, -0.2) is 4.79 Å². The Labute approximate surface area is 742 Å². The van der Waals surface area contributed by atoms with Crippen LogP contribution in [0, 0.1) is 0 Å². The van der Waals surface area contributed by atoms with Crippen molar-refractivity contribution < 1.29 is 138 Å². The number of hydrogen-bond acceptors (Lipinski definition) is 29. The van der Waals surface area contributed by atoms with E-state index in [0.29, 0.717) is 24.9 Å². The van der Waals surface area contributed by atoms with Crippen LogP contribution in [0.3, 0.4) is 0 Å². The maximum absolute atomic E-state index is 16.8. The van der Waals surface area contributed by atoms with Gasteiger partial charge in [0.2, 0.25) is 65.6 Å². The van der Waals surface area contributed by atoms with Crippen molar-refractivity contribution in [3.63, 3.8) is 0 Å². The molecule has 2 fully saturated rings. The van der Waals surface area contributed by atoms with Gasteiger partial charge in [0.05, 0.1) is 16.7 Å². The standard InChI is InChI=1S/C88H100Cl2N10O28/c1-5-6-7-8-9-10-11-12-13-15-61(106)94-70-73(109)75(111)78(86(120)121)128-87(70)127-77-58-32-43-33-59(77)124-55-25-20-42(30-50(55)89)71(107)69-85(119)98-67(80(114)92-26-14-27-100(3)4)48-34-44(102)35-57(125-88-76(112)74(110)72(108)60(38-101)126-88)62(48)47-29-40(18-23-52(47)103)65(82(116)99-69)95-83(117)66(43)96-84(118)68-49-36-46(37-54(105)63(49)90)123-56-31-41(19-24-53(56)104)64(91-2)81(115)93-51(79(113)97-68)28-39-16-21-45(122-58)22-17-39/h16-25,29-37,51,60,64-76,78,87-88,91,101-105,107-112H,5-15,26-28,38H2,1-4H3,(H,92,114)(H,93,115)(H,94,106)(H,95,117)(H,96,118)(H,97,113)(H,98,119)(H,99,116)(H,120,121)/t51-,60-,64+,65-,66-,67+,68+,69+,70-,71-,72-,73-,74+,75+,76+,78+,87-,88+/m1/s1. The van der Waals surface area contributed by atoms with E-state index in [9.17, 15) is 75.7 Å². The fraction of sp³-hybridized carbons (Fsp3) is 0.420. The topological polar surface area (TPSA) is 573 Å². The third-order valence-corrected chi connectivity index (χ3v) is 23.5. The Bertz CT molecular complexity index is 5320. The monoisotopic (exact) mass is 1810 g/mol. The molecule has 0 aromatic heterocycles. The first-order chi connectivity index (χ1) is 61.2. The number of phenolic OH excluding ortho intramolecular Hbond substituents is 4. The Morgan fingerprint density at radius 1 is 0.547 bits per heavy atom. The number of aliphatic hydroxyl groups is 7. The molecule has 18 atom stereocenters. The molecule has 8 amide bonds. The number of phenols is 4. The second-order valence-electron chi connectivity index (χ2n) is 32.2. The number of nitrogens with one attached hydrogen (secondary N) is 9. The Morgan fingerprint density at radius 3 is 1.88 bits per heavy atom. The highest BCUT2D eigenvalue weighted by molar-refractivity contribution is 6.33. The van der Waals surface area contributed by atoms with Crippen LogP contribution in [0.4, 0.5) is 0 Å². The highest BCUT2D eigenvalue weighted by atomic mass is 35.5. The SMILES string of the molecule is CCCCCCCCCCCC(=O)N[C@H]1[C@H](Oc2c3cc4cc2Oc2ccc(cc2Cl)[C@@H](O)[C@@H]2NC(=O)[C@H](NC(=O)[C@@H]4NC(=O)[C@H]4NC(=O)[C@@H](Cc5ccc(cc5)O3)NC(=O)[C@@H](NC)c3ccc(O)c(c3)Oc3cc(O)c(Cl)c4c3)c3ccc(O)c(c3)-c3c(O[C@H]4O[C@H](CO)[C@@H](O)[C@H](O)[C@@H]4O)cc(O)cc3[C@@H](C(=O)NCCCN(C)C)NC2=O)O[C@H](C(=O)O)[C@@H](O)[C@@H]1O. The molecule has 2 saturated heterocycles. The highest BCUT2D eigenvalue weighted by Crippen LogP contribution is 2.51. The number of hydrogen-bond donors (Lipinski definition) is 21. The number of amides is 8. The van der Waals surface area contributed by atoms with Crippen LogP contribution in [0.25, 0.3) is 11.1 Å². The number of rotatable bonds is 23. The van der Waals surface area contributed by atoms with Crippen molar-refractivity contribution in [3.8, 4) is 80.1 Å². The molecule has 17 bridgehead atoms. The Kier molecular flexibility index (Phi) is 30.1.